The van der Waals surface area contributed by atoms with Crippen molar-refractivity contribution in [2.45, 2.75) is 45.3 Å². The van der Waals surface area contributed by atoms with Crippen molar-refractivity contribution in [2.24, 2.45) is 5.92 Å². The Hall–Kier alpha value is -0.830. The number of hydrogen-bond acceptors (Lipinski definition) is 2. The molecule has 0 saturated heterocycles. The Kier molecular flexibility index (Phi) is 2.87. The third-order valence-corrected chi connectivity index (χ3v) is 3.23. The molecule has 1 aliphatic carbocycles. The molecule has 1 aromatic heterocycles. The van der Waals surface area contributed by atoms with Crippen molar-refractivity contribution in [1.82, 2.24) is 9.55 Å². The van der Waals surface area contributed by atoms with Crippen LogP contribution in [0.3, 0.4) is 0 Å². The van der Waals surface area contributed by atoms with Crippen LogP contribution in [0.25, 0.3) is 0 Å². The van der Waals surface area contributed by atoms with E-state index in [0.29, 0.717) is 5.92 Å². The van der Waals surface area contributed by atoms with E-state index in [1.165, 1.54) is 12.8 Å². The lowest BCUT2D eigenvalue weighted by atomic mass is 9.98. The largest absolute Gasteiger partial charge is 0.387 e. The van der Waals surface area contributed by atoms with E-state index < -0.39 is 0 Å². The zero-order valence-corrected chi connectivity index (χ0v) is 8.69. The number of aryl methyl sites for hydroxylation is 1. The molecular weight excluding hydrogens is 176 g/mol. The summed E-state index contributed by atoms with van der Waals surface area (Å²) in [7, 11) is 0. The summed E-state index contributed by atoms with van der Waals surface area (Å²) in [4.78, 5) is 4.09. The molecule has 0 amide bonds. The summed E-state index contributed by atoms with van der Waals surface area (Å²) >= 11 is 0. The van der Waals surface area contributed by atoms with E-state index in [1.54, 1.807) is 12.5 Å². The van der Waals surface area contributed by atoms with Crippen LogP contribution in [0.1, 0.15) is 44.4 Å². The summed E-state index contributed by atoms with van der Waals surface area (Å²) in [6.45, 7) is 2.96. The molecule has 1 aliphatic rings. The van der Waals surface area contributed by atoms with Gasteiger partial charge in [0.2, 0.25) is 0 Å². The minimum absolute atomic E-state index is 0.306. The highest BCUT2D eigenvalue weighted by atomic mass is 16.3. The first-order chi connectivity index (χ1) is 6.83. The Balaban J connectivity index is 2.12. The Bertz CT molecular complexity index is 289. The number of aliphatic hydroxyl groups is 1. The molecule has 3 heteroatoms. The molecule has 1 aromatic rings. The van der Waals surface area contributed by atoms with Crippen LogP contribution in [-0.2, 0) is 6.54 Å². The highest BCUT2D eigenvalue weighted by Crippen LogP contribution is 2.35. The van der Waals surface area contributed by atoms with Gasteiger partial charge >= 0.3 is 0 Å². The average Bonchev–Trinajstić information content (AvgIpc) is 2.87. The van der Waals surface area contributed by atoms with Gasteiger partial charge in [-0.25, -0.2) is 4.98 Å². The van der Waals surface area contributed by atoms with Crippen molar-refractivity contribution in [1.29, 1.82) is 0 Å². The molecule has 2 rings (SSSR count). The maximum absolute atomic E-state index is 10.2. The lowest BCUT2D eigenvalue weighted by Gasteiger charge is -2.18. The minimum Gasteiger partial charge on any atom is -0.387 e. The zero-order chi connectivity index (χ0) is 9.97. The van der Waals surface area contributed by atoms with E-state index >= 15 is 0 Å². The molecule has 3 nitrogen and oxygen atoms in total. The predicted molar refractivity (Wildman–Crippen MR) is 54.8 cm³/mol. The number of aromatic nitrogens is 2. The Labute approximate surface area is 84.8 Å². The molecule has 1 saturated carbocycles. The van der Waals surface area contributed by atoms with Gasteiger partial charge in [0.1, 0.15) is 0 Å². The smallest absolute Gasteiger partial charge is 0.0983 e. The molecule has 78 valence electrons. The second-order valence-electron chi connectivity index (χ2n) is 4.09. The molecule has 0 radical (unpaired) electrons. The number of rotatable bonds is 3. The number of nitrogens with zero attached hydrogens (tertiary/aromatic N) is 2. The normalized spacial score (nSPS) is 20.1. The van der Waals surface area contributed by atoms with Gasteiger partial charge in [0, 0.05) is 6.54 Å². The van der Waals surface area contributed by atoms with Crippen LogP contribution in [0.5, 0.6) is 0 Å². The van der Waals surface area contributed by atoms with E-state index in [9.17, 15) is 5.11 Å². The van der Waals surface area contributed by atoms with Crippen LogP contribution >= 0.6 is 0 Å². The summed E-state index contributed by atoms with van der Waals surface area (Å²) in [6, 6.07) is 0. The van der Waals surface area contributed by atoms with Crippen molar-refractivity contribution in [3.8, 4) is 0 Å². The van der Waals surface area contributed by atoms with Crippen LogP contribution in [0.2, 0.25) is 0 Å². The van der Waals surface area contributed by atoms with Crippen molar-refractivity contribution < 1.29 is 5.11 Å². The van der Waals surface area contributed by atoms with Gasteiger partial charge in [-0.15, -0.1) is 0 Å². The first-order valence-corrected chi connectivity index (χ1v) is 5.51. The third-order valence-electron chi connectivity index (χ3n) is 3.23. The first-order valence-electron chi connectivity index (χ1n) is 5.51. The number of hydrogen-bond donors (Lipinski definition) is 1. The zero-order valence-electron chi connectivity index (χ0n) is 8.69. The average molecular weight is 194 g/mol. The van der Waals surface area contributed by atoms with Gasteiger partial charge in [-0.05, 0) is 25.7 Å². The van der Waals surface area contributed by atoms with Gasteiger partial charge < -0.3 is 9.67 Å². The lowest BCUT2D eigenvalue weighted by molar-refractivity contribution is 0.104. The maximum Gasteiger partial charge on any atom is 0.0983 e. The van der Waals surface area contributed by atoms with Gasteiger partial charge in [0.25, 0.3) is 0 Å². The van der Waals surface area contributed by atoms with Crippen LogP contribution in [-0.4, -0.2) is 14.7 Å². The fourth-order valence-corrected chi connectivity index (χ4v) is 2.36. The second-order valence-corrected chi connectivity index (χ2v) is 4.09. The van der Waals surface area contributed by atoms with E-state index in [0.717, 1.165) is 25.1 Å². The Morgan fingerprint density at radius 2 is 2.29 bits per heavy atom. The fraction of sp³-hybridized carbons (Fsp3) is 0.727. The molecule has 0 spiro atoms. The Morgan fingerprint density at radius 3 is 2.93 bits per heavy atom. The van der Waals surface area contributed by atoms with Gasteiger partial charge in [-0.2, -0.15) is 0 Å². The molecule has 1 atom stereocenters. The van der Waals surface area contributed by atoms with Gasteiger partial charge in [-0.3, -0.25) is 0 Å². The molecule has 1 heterocycles. The summed E-state index contributed by atoms with van der Waals surface area (Å²) in [5, 5.41) is 10.2. The fourth-order valence-electron chi connectivity index (χ4n) is 2.36. The number of imidazole rings is 1. The topological polar surface area (TPSA) is 38.0 Å². The van der Waals surface area contributed by atoms with E-state index in [4.69, 9.17) is 0 Å². The van der Waals surface area contributed by atoms with Crippen molar-refractivity contribution >= 4 is 0 Å². The van der Waals surface area contributed by atoms with Gasteiger partial charge in [-0.1, -0.05) is 12.8 Å². The van der Waals surface area contributed by atoms with Crippen LogP contribution < -0.4 is 0 Å². The maximum atomic E-state index is 10.2. The Morgan fingerprint density at radius 1 is 1.57 bits per heavy atom. The predicted octanol–water partition coefficient (Wildman–Crippen LogP) is 2.13. The quantitative estimate of drug-likeness (QED) is 0.800. The molecular formula is C11H18N2O. The van der Waals surface area contributed by atoms with Crippen molar-refractivity contribution in [2.75, 3.05) is 0 Å². The highest BCUT2D eigenvalue weighted by molar-refractivity contribution is 5.04. The standard InChI is InChI=1S/C11H18N2O/c1-2-13-8-12-7-10(13)11(14)9-5-3-4-6-9/h7-9,11,14H,2-6H2,1H3. The van der Waals surface area contributed by atoms with E-state index in [1.807, 2.05) is 4.57 Å². The van der Waals surface area contributed by atoms with Crippen LogP contribution in [0.15, 0.2) is 12.5 Å². The first kappa shape index (κ1) is 9.71. The summed E-state index contributed by atoms with van der Waals surface area (Å²) < 4.78 is 2.03. The van der Waals surface area contributed by atoms with Gasteiger partial charge in [0.15, 0.2) is 0 Å². The second kappa shape index (κ2) is 4.13. The minimum atomic E-state index is -0.306. The van der Waals surface area contributed by atoms with Crippen molar-refractivity contribution in [3.05, 3.63) is 18.2 Å². The van der Waals surface area contributed by atoms with Crippen molar-refractivity contribution in [3.63, 3.8) is 0 Å². The molecule has 14 heavy (non-hydrogen) atoms. The molecule has 0 aliphatic heterocycles. The third kappa shape index (κ3) is 1.69. The lowest BCUT2D eigenvalue weighted by Crippen LogP contribution is -2.13. The SMILES string of the molecule is CCn1cncc1C(O)C1CCCC1. The van der Waals surface area contributed by atoms with Crippen LogP contribution in [0, 0.1) is 5.92 Å². The molecule has 1 unspecified atom stereocenters. The van der Waals surface area contributed by atoms with Crippen LogP contribution in [0.4, 0.5) is 0 Å². The monoisotopic (exact) mass is 194 g/mol. The summed E-state index contributed by atoms with van der Waals surface area (Å²) in [5.41, 5.74) is 0.986. The highest BCUT2D eigenvalue weighted by Gasteiger charge is 2.26. The van der Waals surface area contributed by atoms with E-state index in [2.05, 4.69) is 11.9 Å². The van der Waals surface area contributed by atoms with E-state index in [-0.39, 0.29) is 6.10 Å². The summed E-state index contributed by atoms with van der Waals surface area (Å²) in [5.74, 6) is 0.456. The molecule has 0 aromatic carbocycles. The van der Waals surface area contributed by atoms with Gasteiger partial charge in [0.05, 0.1) is 24.3 Å². The molecule has 1 fully saturated rings. The number of aliphatic hydroxyl groups excluding tert-OH is 1. The molecule has 1 N–H and O–H groups in total. The molecule has 0 bridgehead atoms. The summed E-state index contributed by atoms with van der Waals surface area (Å²) in [6.07, 6.45) is 8.15.